The molecule has 0 aliphatic heterocycles. The van der Waals surface area contributed by atoms with Gasteiger partial charge in [0.05, 0.1) is 16.8 Å². The van der Waals surface area contributed by atoms with Crippen LogP contribution in [0.1, 0.15) is 10.5 Å². The molecule has 0 atom stereocenters. The molecule has 2 rings (SSSR count). The van der Waals surface area contributed by atoms with E-state index in [1.54, 1.807) is 6.07 Å². The van der Waals surface area contributed by atoms with Crippen molar-refractivity contribution in [3.63, 3.8) is 0 Å². The molecule has 0 saturated carbocycles. The standard InChI is InChI=1S/C12H9ClN2O4S/c13-8-2-1-3-10(6-8)20(18,19)15-9-4-5-11(12(16)17)14-7-9/h1-7,15H,(H,16,17). The number of carboxylic acid groups (broad SMARTS) is 1. The van der Waals surface area contributed by atoms with Crippen LogP contribution in [0.25, 0.3) is 0 Å². The largest absolute Gasteiger partial charge is 0.477 e. The highest BCUT2D eigenvalue weighted by molar-refractivity contribution is 7.92. The fraction of sp³-hybridized carbons (Fsp3) is 0. The van der Waals surface area contributed by atoms with Crippen molar-refractivity contribution in [3.05, 3.63) is 53.3 Å². The summed E-state index contributed by atoms with van der Waals surface area (Å²) in [4.78, 5) is 14.3. The zero-order valence-corrected chi connectivity index (χ0v) is 11.5. The quantitative estimate of drug-likeness (QED) is 0.902. The van der Waals surface area contributed by atoms with Gasteiger partial charge in [0, 0.05) is 5.02 Å². The van der Waals surface area contributed by atoms with Crippen LogP contribution in [-0.2, 0) is 10.0 Å². The molecule has 2 aromatic rings. The van der Waals surface area contributed by atoms with Crippen molar-refractivity contribution >= 4 is 33.3 Å². The summed E-state index contributed by atoms with van der Waals surface area (Å²) in [7, 11) is -3.79. The summed E-state index contributed by atoms with van der Waals surface area (Å²) >= 11 is 5.74. The van der Waals surface area contributed by atoms with Gasteiger partial charge in [0.1, 0.15) is 5.69 Å². The molecule has 0 radical (unpaired) electrons. The topological polar surface area (TPSA) is 96.4 Å². The van der Waals surface area contributed by atoms with Gasteiger partial charge in [0.25, 0.3) is 10.0 Å². The number of hydrogen-bond acceptors (Lipinski definition) is 4. The van der Waals surface area contributed by atoms with Crippen LogP contribution in [0.15, 0.2) is 47.5 Å². The van der Waals surface area contributed by atoms with E-state index in [1.165, 1.54) is 30.3 Å². The summed E-state index contributed by atoms with van der Waals surface area (Å²) in [5.74, 6) is -1.19. The first-order chi connectivity index (χ1) is 9.38. The van der Waals surface area contributed by atoms with Gasteiger partial charge in [-0.15, -0.1) is 0 Å². The molecule has 1 aromatic heterocycles. The summed E-state index contributed by atoms with van der Waals surface area (Å²) < 4.78 is 26.4. The lowest BCUT2D eigenvalue weighted by Gasteiger charge is -2.08. The van der Waals surface area contributed by atoms with Gasteiger partial charge in [-0.3, -0.25) is 4.72 Å². The van der Waals surface area contributed by atoms with Crippen molar-refractivity contribution in [3.8, 4) is 0 Å². The zero-order valence-electron chi connectivity index (χ0n) is 9.95. The summed E-state index contributed by atoms with van der Waals surface area (Å²) in [5, 5.41) is 9.00. The van der Waals surface area contributed by atoms with Crippen molar-refractivity contribution in [1.82, 2.24) is 4.98 Å². The van der Waals surface area contributed by atoms with Crippen LogP contribution in [-0.4, -0.2) is 24.5 Å². The second kappa shape index (κ2) is 5.48. The van der Waals surface area contributed by atoms with E-state index in [9.17, 15) is 13.2 Å². The number of anilines is 1. The number of halogens is 1. The maximum atomic E-state index is 12.1. The molecule has 0 unspecified atom stereocenters. The molecule has 0 aliphatic rings. The summed E-state index contributed by atoms with van der Waals surface area (Å²) in [5.41, 5.74) is -0.00863. The van der Waals surface area contributed by atoms with Crippen LogP contribution in [0.5, 0.6) is 0 Å². The van der Waals surface area contributed by atoms with Crippen molar-refractivity contribution in [2.45, 2.75) is 4.90 Å². The molecule has 1 heterocycles. The maximum Gasteiger partial charge on any atom is 0.354 e. The highest BCUT2D eigenvalue weighted by Crippen LogP contribution is 2.18. The molecule has 6 nitrogen and oxygen atoms in total. The molecule has 1 aromatic carbocycles. The minimum absolute atomic E-state index is 0.00677. The monoisotopic (exact) mass is 312 g/mol. The van der Waals surface area contributed by atoms with Gasteiger partial charge in [-0.2, -0.15) is 0 Å². The highest BCUT2D eigenvalue weighted by Gasteiger charge is 2.15. The van der Waals surface area contributed by atoms with Gasteiger partial charge in [-0.05, 0) is 30.3 Å². The van der Waals surface area contributed by atoms with Crippen molar-refractivity contribution in [2.24, 2.45) is 0 Å². The highest BCUT2D eigenvalue weighted by atomic mass is 35.5. The fourth-order valence-electron chi connectivity index (χ4n) is 1.43. The number of hydrogen-bond donors (Lipinski definition) is 2. The fourth-order valence-corrected chi connectivity index (χ4v) is 2.77. The zero-order chi connectivity index (χ0) is 14.8. The average molecular weight is 313 g/mol. The summed E-state index contributed by atoms with van der Waals surface area (Å²) in [6.45, 7) is 0. The lowest BCUT2D eigenvalue weighted by Crippen LogP contribution is -2.13. The average Bonchev–Trinajstić information content (AvgIpc) is 2.39. The molecular weight excluding hydrogens is 304 g/mol. The van der Waals surface area contributed by atoms with Crippen LogP contribution in [0.4, 0.5) is 5.69 Å². The predicted octanol–water partition coefficient (Wildman–Crippen LogP) is 2.23. The van der Waals surface area contributed by atoms with Gasteiger partial charge in [-0.25, -0.2) is 18.2 Å². The maximum absolute atomic E-state index is 12.1. The van der Waals surface area contributed by atoms with Gasteiger partial charge in [0.15, 0.2) is 0 Å². The molecule has 0 bridgehead atoms. The second-order valence-electron chi connectivity index (χ2n) is 3.80. The van der Waals surface area contributed by atoms with Gasteiger partial charge < -0.3 is 5.11 Å². The number of nitrogens with one attached hydrogen (secondary N) is 1. The summed E-state index contributed by atoms with van der Waals surface area (Å²) in [6, 6.07) is 8.30. The van der Waals surface area contributed by atoms with E-state index in [-0.39, 0.29) is 16.3 Å². The van der Waals surface area contributed by atoms with Crippen LogP contribution < -0.4 is 4.72 Å². The molecule has 0 fully saturated rings. The van der Waals surface area contributed by atoms with Crippen LogP contribution in [0, 0.1) is 0 Å². The van der Waals surface area contributed by atoms with E-state index in [0.717, 1.165) is 6.20 Å². The Bertz CT molecular complexity index is 744. The number of aromatic nitrogens is 1. The lowest BCUT2D eigenvalue weighted by molar-refractivity contribution is 0.0690. The Morgan fingerprint density at radius 1 is 1.25 bits per heavy atom. The molecule has 104 valence electrons. The number of pyridine rings is 1. The van der Waals surface area contributed by atoms with E-state index in [2.05, 4.69) is 9.71 Å². The predicted molar refractivity (Wildman–Crippen MR) is 73.5 cm³/mol. The molecule has 8 heteroatoms. The number of rotatable bonds is 4. The van der Waals surface area contributed by atoms with E-state index in [0.29, 0.717) is 5.02 Å². The number of aromatic carboxylic acids is 1. The SMILES string of the molecule is O=C(O)c1ccc(NS(=O)(=O)c2cccc(Cl)c2)cn1. The normalized spacial score (nSPS) is 11.1. The molecule has 0 saturated heterocycles. The second-order valence-corrected chi connectivity index (χ2v) is 5.92. The minimum Gasteiger partial charge on any atom is -0.477 e. The first kappa shape index (κ1) is 14.3. The number of carboxylic acids is 1. The molecule has 2 N–H and O–H groups in total. The van der Waals surface area contributed by atoms with Crippen LogP contribution >= 0.6 is 11.6 Å². The Morgan fingerprint density at radius 2 is 2.00 bits per heavy atom. The number of benzene rings is 1. The Kier molecular flexibility index (Phi) is 3.91. The lowest BCUT2D eigenvalue weighted by atomic mass is 10.3. The van der Waals surface area contributed by atoms with E-state index in [4.69, 9.17) is 16.7 Å². The van der Waals surface area contributed by atoms with Crippen LogP contribution in [0.3, 0.4) is 0 Å². The van der Waals surface area contributed by atoms with E-state index < -0.39 is 16.0 Å². The smallest absolute Gasteiger partial charge is 0.354 e. The summed E-state index contributed by atoms with van der Waals surface area (Å²) in [6.07, 6.45) is 1.13. The van der Waals surface area contributed by atoms with Crippen LogP contribution in [0.2, 0.25) is 5.02 Å². The van der Waals surface area contributed by atoms with Gasteiger partial charge >= 0.3 is 5.97 Å². The number of nitrogens with zero attached hydrogens (tertiary/aromatic N) is 1. The number of carbonyl (C=O) groups is 1. The molecule has 20 heavy (non-hydrogen) atoms. The Hall–Kier alpha value is -2.12. The Morgan fingerprint density at radius 3 is 2.55 bits per heavy atom. The first-order valence-corrected chi connectivity index (χ1v) is 7.22. The molecule has 0 amide bonds. The van der Waals surface area contributed by atoms with Gasteiger partial charge in [0.2, 0.25) is 0 Å². The third kappa shape index (κ3) is 3.25. The van der Waals surface area contributed by atoms with Gasteiger partial charge in [-0.1, -0.05) is 17.7 Å². The Balaban J connectivity index is 2.26. The third-order valence-corrected chi connectivity index (χ3v) is 3.96. The first-order valence-electron chi connectivity index (χ1n) is 5.36. The molecular formula is C12H9ClN2O4S. The third-order valence-electron chi connectivity index (χ3n) is 2.34. The van der Waals surface area contributed by atoms with Crippen molar-refractivity contribution in [2.75, 3.05) is 4.72 Å². The van der Waals surface area contributed by atoms with Crippen molar-refractivity contribution < 1.29 is 18.3 Å². The minimum atomic E-state index is -3.79. The molecule has 0 spiro atoms. The van der Waals surface area contributed by atoms with Crippen molar-refractivity contribution in [1.29, 1.82) is 0 Å². The van der Waals surface area contributed by atoms with E-state index >= 15 is 0 Å². The van der Waals surface area contributed by atoms with E-state index in [1.807, 2.05) is 0 Å². The number of sulfonamides is 1. The molecule has 0 aliphatic carbocycles. The Labute approximate surface area is 120 Å².